The van der Waals surface area contributed by atoms with Crippen LogP contribution in [0.15, 0.2) is 36.4 Å². The van der Waals surface area contributed by atoms with Crippen LogP contribution in [0, 0.1) is 6.92 Å². The van der Waals surface area contributed by atoms with Crippen LogP contribution in [-0.2, 0) is 28.7 Å². The van der Waals surface area contributed by atoms with Crippen LogP contribution in [0.25, 0.3) is 11.1 Å². The summed E-state index contributed by atoms with van der Waals surface area (Å²) in [5, 5.41) is 9.01. The van der Waals surface area contributed by atoms with E-state index in [0.717, 1.165) is 17.7 Å². The number of methoxy groups -OCH3 is 1. The summed E-state index contributed by atoms with van der Waals surface area (Å²) >= 11 is 0. The van der Waals surface area contributed by atoms with Gasteiger partial charge >= 0.3 is 18.2 Å². The van der Waals surface area contributed by atoms with Crippen LogP contribution in [0.1, 0.15) is 29.2 Å². The zero-order valence-electron chi connectivity index (χ0n) is 16.3. The summed E-state index contributed by atoms with van der Waals surface area (Å²) in [5.41, 5.74) is 1.38. The lowest BCUT2D eigenvalue weighted by Crippen LogP contribution is -2.30. The normalized spacial score (nSPS) is 11.2. The number of carbonyl (C=O) groups excluding carboxylic acids is 1. The number of carboxylic acids is 1. The Morgan fingerprint density at radius 3 is 2.38 bits per heavy atom. The van der Waals surface area contributed by atoms with Crippen molar-refractivity contribution in [3.8, 4) is 11.1 Å². The van der Waals surface area contributed by atoms with Crippen molar-refractivity contribution in [1.29, 1.82) is 0 Å². The topological polar surface area (TPSA) is 66.8 Å². The lowest BCUT2D eigenvalue weighted by atomic mass is 9.93. The minimum absolute atomic E-state index is 0.0502. The van der Waals surface area contributed by atoms with E-state index < -0.39 is 30.2 Å². The van der Waals surface area contributed by atoms with Crippen LogP contribution >= 0.6 is 0 Å². The number of hydrogen-bond donors (Lipinski definition) is 1. The summed E-state index contributed by atoms with van der Waals surface area (Å²) in [6, 6.07) is 8.50. The predicted octanol–water partition coefficient (Wildman–Crippen LogP) is 4.90. The standard InChI is InChI=1S/C21H22F3NO4/c1-4-25(20(28)29-3)12-16-7-13(2)5-6-18(16)15-8-14(10-19(26)27)9-17(11-15)21(22,23)24/h5-9,11H,4,10,12H2,1-3H3,(H,26,27). The van der Waals surface area contributed by atoms with Crippen molar-refractivity contribution in [3.63, 3.8) is 0 Å². The Morgan fingerprint density at radius 1 is 1.14 bits per heavy atom. The molecule has 0 atom stereocenters. The monoisotopic (exact) mass is 409 g/mol. The van der Waals surface area contributed by atoms with Gasteiger partial charge in [-0.3, -0.25) is 4.79 Å². The molecule has 0 fully saturated rings. The number of hydrogen-bond acceptors (Lipinski definition) is 3. The molecule has 29 heavy (non-hydrogen) atoms. The van der Waals surface area contributed by atoms with Crippen LogP contribution in [0.3, 0.4) is 0 Å². The van der Waals surface area contributed by atoms with E-state index in [1.807, 2.05) is 6.92 Å². The SMILES string of the molecule is CCN(Cc1cc(C)ccc1-c1cc(CC(=O)O)cc(C(F)(F)F)c1)C(=O)OC. The maximum absolute atomic E-state index is 13.4. The molecule has 2 rings (SSSR count). The second-order valence-corrected chi connectivity index (χ2v) is 6.63. The zero-order chi connectivity index (χ0) is 21.8. The first-order valence-corrected chi connectivity index (χ1v) is 8.91. The van der Waals surface area contributed by atoms with Crippen LogP contribution in [0.5, 0.6) is 0 Å². The molecular weight excluding hydrogens is 387 g/mol. The van der Waals surface area contributed by atoms with E-state index >= 15 is 0 Å². The number of nitrogens with zero attached hydrogens (tertiary/aromatic N) is 1. The molecule has 5 nitrogen and oxygen atoms in total. The Hall–Kier alpha value is -3.03. The van der Waals surface area contributed by atoms with Gasteiger partial charge in [0.25, 0.3) is 0 Å². The van der Waals surface area contributed by atoms with E-state index in [2.05, 4.69) is 0 Å². The van der Waals surface area contributed by atoms with Gasteiger partial charge in [0.2, 0.25) is 0 Å². The number of benzene rings is 2. The third-order valence-electron chi connectivity index (χ3n) is 4.42. The molecule has 0 aliphatic heterocycles. The number of aryl methyl sites for hydroxylation is 1. The minimum Gasteiger partial charge on any atom is -0.481 e. The molecule has 8 heteroatoms. The number of aliphatic carboxylic acids is 1. The molecule has 0 aromatic heterocycles. The number of rotatable bonds is 6. The maximum Gasteiger partial charge on any atom is 0.416 e. The number of carboxylic acid groups (broad SMARTS) is 1. The Labute approximate surface area is 166 Å². The lowest BCUT2D eigenvalue weighted by molar-refractivity contribution is -0.138. The molecule has 0 saturated heterocycles. The Kier molecular flexibility index (Phi) is 6.89. The van der Waals surface area contributed by atoms with Crippen LogP contribution < -0.4 is 0 Å². The highest BCUT2D eigenvalue weighted by Crippen LogP contribution is 2.35. The average molecular weight is 409 g/mol. The Morgan fingerprint density at radius 2 is 1.83 bits per heavy atom. The fourth-order valence-electron chi connectivity index (χ4n) is 3.06. The smallest absolute Gasteiger partial charge is 0.416 e. The Balaban J connectivity index is 2.61. The van der Waals surface area contributed by atoms with Gasteiger partial charge in [-0.1, -0.05) is 29.8 Å². The van der Waals surface area contributed by atoms with E-state index in [1.54, 1.807) is 25.1 Å². The van der Waals surface area contributed by atoms with Crippen molar-refractivity contribution in [1.82, 2.24) is 4.90 Å². The molecule has 0 spiro atoms. The summed E-state index contributed by atoms with van der Waals surface area (Å²) in [6.45, 7) is 4.10. The van der Waals surface area contributed by atoms with Crippen molar-refractivity contribution in [2.75, 3.05) is 13.7 Å². The number of ether oxygens (including phenoxy) is 1. The van der Waals surface area contributed by atoms with Gasteiger partial charge in [-0.25, -0.2) is 4.79 Å². The molecule has 1 amide bonds. The molecule has 2 aromatic rings. The van der Waals surface area contributed by atoms with E-state index in [0.29, 0.717) is 17.7 Å². The number of carbonyl (C=O) groups is 2. The van der Waals surface area contributed by atoms with Crippen molar-refractivity contribution in [2.24, 2.45) is 0 Å². The fraction of sp³-hybridized carbons (Fsp3) is 0.333. The van der Waals surface area contributed by atoms with Gasteiger partial charge in [-0.05, 0) is 48.2 Å². The molecule has 0 bridgehead atoms. The first kappa shape index (κ1) is 22.3. The fourth-order valence-corrected chi connectivity index (χ4v) is 3.06. The van der Waals surface area contributed by atoms with Crippen LogP contribution in [0.2, 0.25) is 0 Å². The molecule has 0 aliphatic carbocycles. The molecule has 2 aromatic carbocycles. The van der Waals surface area contributed by atoms with Gasteiger partial charge < -0.3 is 14.7 Å². The molecule has 0 aliphatic rings. The molecule has 0 radical (unpaired) electrons. The van der Waals surface area contributed by atoms with E-state index in [-0.39, 0.29) is 17.7 Å². The molecule has 0 unspecified atom stereocenters. The highest BCUT2D eigenvalue weighted by Gasteiger charge is 2.31. The first-order valence-electron chi connectivity index (χ1n) is 8.91. The maximum atomic E-state index is 13.4. The molecule has 0 saturated carbocycles. The average Bonchev–Trinajstić information content (AvgIpc) is 2.64. The molecule has 156 valence electrons. The second kappa shape index (κ2) is 8.98. The van der Waals surface area contributed by atoms with E-state index in [1.165, 1.54) is 18.1 Å². The minimum atomic E-state index is -4.62. The quantitative estimate of drug-likeness (QED) is 0.737. The van der Waals surface area contributed by atoms with Crippen molar-refractivity contribution < 1.29 is 32.6 Å². The second-order valence-electron chi connectivity index (χ2n) is 6.63. The van der Waals surface area contributed by atoms with Gasteiger partial charge in [0.05, 0.1) is 19.1 Å². The Bertz CT molecular complexity index is 909. The van der Waals surface area contributed by atoms with Crippen molar-refractivity contribution >= 4 is 12.1 Å². The molecule has 1 N–H and O–H groups in total. The largest absolute Gasteiger partial charge is 0.481 e. The zero-order valence-corrected chi connectivity index (χ0v) is 16.3. The number of alkyl halides is 3. The van der Waals surface area contributed by atoms with Gasteiger partial charge in [-0.15, -0.1) is 0 Å². The molecule has 0 heterocycles. The van der Waals surface area contributed by atoms with Gasteiger partial charge in [0.1, 0.15) is 0 Å². The summed E-state index contributed by atoms with van der Waals surface area (Å²) < 4.78 is 44.8. The molecular formula is C21H22F3NO4. The summed E-state index contributed by atoms with van der Waals surface area (Å²) in [5.74, 6) is -1.22. The first-order chi connectivity index (χ1) is 13.5. The summed E-state index contributed by atoms with van der Waals surface area (Å²) in [4.78, 5) is 24.4. The third-order valence-corrected chi connectivity index (χ3v) is 4.42. The van der Waals surface area contributed by atoms with Crippen LogP contribution in [0.4, 0.5) is 18.0 Å². The summed E-state index contributed by atoms with van der Waals surface area (Å²) in [7, 11) is 1.26. The highest BCUT2D eigenvalue weighted by atomic mass is 19.4. The van der Waals surface area contributed by atoms with Gasteiger partial charge in [0, 0.05) is 13.1 Å². The van der Waals surface area contributed by atoms with Crippen molar-refractivity contribution in [2.45, 2.75) is 33.0 Å². The van der Waals surface area contributed by atoms with E-state index in [4.69, 9.17) is 9.84 Å². The predicted molar refractivity (Wildman–Crippen MR) is 101 cm³/mol. The van der Waals surface area contributed by atoms with Gasteiger partial charge in [0.15, 0.2) is 0 Å². The van der Waals surface area contributed by atoms with Crippen LogP contribution in [-0.4, -0.2) is 35.7 Å². The lowest BCUT2D eigenvalue weighted by Gasteiger charge is -2.22. The number of halogens is 3. The van der Waals surface area contributed by atoms with Gasteiger partial charge in [-0.2, -0.15) is 13.2 Å². The summed E-state index contributed by atoms with van der Waals surface area (Å²) in [6.07, 6.45) is -5.69. The van der Waals surface area contributed by atoms with Crippen molar-refractivity contribution in [3.05, 3.63) is 58.7 Å². The number of amides is 1. The van der Waals surface area contributed by atoms with E-state index in [9.17, 15) is 22.8 Å². The third kappa shape index (κ3) is 5.73. The highest BCUT2D eigenvalue weighted by molar-refractivity contribution is 5.74.